The van der Waals surface area contributed by atoms with E-state index in [1.807, 2.05) is 29.6 Å². The normalized spacial score (nSPS) is 11.1. The minimum absolute atomic E-state index is 0.919. The van der Waals surface area contributed by atoms with Gasteiger partial charge in [0.25, 0.3) is 0 Å². The third-order valence-electron chi connectivity index (χ3n) is 1.90. The summed E-state index contributed by atoms with van der Waals surface area (Å²) in [5.41, 5.74) is 0.919. The quantitative estimate of drug-likeness (QED) is 0.763. The number of benzene rings is 1. The van der Waals surface area contributed by atoms with Crippen LogP contribution in [0, 0.1) is 0 Å². The second-order valence-corrected chi connectivity index (χ2v) is 3.84. The predicted molar refractivity (Wildman–Crippen MR) is 58.5 cm³/mol. The zero-order valence-corrected chi connectivity index (χ0v) is 8.12. The average Bonchev–Trinajstić information content (AvgIpc) is 2.61. The van der Waals surface area contributed by atoms with Gasteiger partial charge < -0.3 is 5.11 Å². The van der Waals surface area contributed by atoms with Crippen molar-refractivity contribution in [3.8, 4) is 0 Å². The molecule has 1 heterocycles. The van der Waals surface area contributed by atoms with Crippen molar-refractivity contribution < 1.29 is 9.90 Å². The molecule has 1 N–H and O–H groups in total. The number of hydrogen-bond donors (Lipinski definition) is 1. The van der Waals surface area contributed by atoms with E-state index in [0.717, 1.165) is 11.6 Å². The zero-order valence-electron chi connectivity index (χ0n) is 7.31. The summed E-state index contributed by atoms with van der Waals surface area (Å²) in [7, 11) is 0. The van der Waals surface area contributed by atoms with E-state index in [2.05, 4.69) is 0 Å². The van der Waals surface area contributed by atoms with Crippen molar-refractivity contribution in [2.75, 3.05) is 0 Å². The van der Waals surface area contributed by atoms with Gasteiger partial charge in [-0.25, -0.2) is 4.79 Å². The van der Waals surface area contributed by atoms with Crippen LogP contribution in [0.25, 0.3) is 16.2 Å². The molecule has 0 bridgehead atoms. The van der Waals surface area contributed by atoms with Crippen molar-refractivity contribution >= 4 is 33.5 Å². The smallest absolute Gasteiger partial charge is 0.328 e. The van der Waals surface area contributed by atoms with E-state index in [4.69, 9.17) is 5.11 Å². The van der Waals surface area contributed by atoms with Gasteiger partial charge in [-0.2, -0.15) is 0 Å². The van der Waals surface area contributed by atoms with Crippen molar-refractivity contribution in [3.63, 3.8) is 0 Å². The van der Waals surface area contributed by atoms with Gasteiger partial charge in [0.2, 0.25) is 0 Å². The molecule has 0 aliphatic carbocycles. The van der Waals surface area contributed by atoms with E-state index >= 15 is 0 Å². The van der Waals surface area contributed by atoms with Gasteiger partial charge >= 0.3 is 5.97 Å². The molecule has 70 valence electrons. The van der Waals surface area contributed by atoms with Gasteiger partial charge in [-0.05, 0) is 34.5 Å². The lowest BCUT2D eigenvalue weighted by Gasteiger charge is -1.92. The fraction of sp³-hybridized carbons (Fsp3) is 0. The summed E-state index contributed by atoms with van der Waals surface area (Å²) >= 11 is 1.65. The monoisotopic (exact) mass is 204 g/mol. The molecule has 0 saturated heterocycles. The lowest BCUT2D eigenvalue weighted by Crippen LogP contribution is -1.85. The van der Waals surface area contributed by atoms with Crippen molar-refractivity contribution in [2.24, 2.45) is 0 Å². The van der Waals surface area contributed by atoms with Crippen LogP contribution in [0.3, 0.4) is 0 Å². The highest BCUT2D eigenvalue weighted by Crippen LogP contribution is 2.22. The molecule has 0 atom stereocenters. The highest BCUT2D eigenvalue weighted by Gasteiger charge is 1.95. The van der Waals surface area contributed by atoms with Crippen molar-refractivity contribution in [1.29, 1.82) is 0 Å². The maximum atomic E-state index is 10.3. The molecule has 1 aromatic carbocycles. The molecule has 0 aliphatic heterocycles. The summed E-state index contributed by atoms with van der Waals surface area (Å²) in [4.78, 5) is 10.3. The molecule has 14 heavy (non-hydrogen) atoms. The third-order valence-corrected chi connectivity index (χ3v) is 2.78. The third kappa shape index (κ3) is 1.83. The van der Waals surface area contributed by atoms with Gasteiger partial charge in [-0.15, -0.1) is 11.3 Å². The Bertz CT molecular complexity index is 497. The van der Waals surface area contributed by atoms with E-state index in [1.54, 1.807) is 17.4 Å². The number of thiophene rings is 1. The van der Waals surface area contributed by atoms with Gasteiger partial charge in [0, 0.05) is 10.8 Å². The molecule has 0 spiro atoms. The molecule has 0 aliphatic rings. The largest absolute Gasteiger partial charge is 0.478 e. The van der Waals surface area contributed by atoms with Gasteiger partial charge in [0.1, 0.15) is 0 Å². The Morgan fingerprint density at radius 2 is 2.21 bits per heavy atom. The Balaban J connectivity index is 2.39. The Hall–Kier alpha value is -1.61. The van der Waals surface area contributed by atoms with E-state index in [0.29, 0.717) is 0 Å². The molecular formula is C11H8O2S. The van der Waals surface area contributed by atoms with Crippen LogP contribution in [0.2, 0.25) is 0 Å². The first-order valence-corrected chi connectivity index (χ1v) is 5.02. The molecular weight excluding hydrogens is 196 g/mol. The second-order valence-electron chi connectivity index (χ2n) is 2.89. The highest BCUT2D eigenvalue weighted by atomic mass is 32.1. The van der Waals surface area contributed by atoms with Crippen LogP contribution in [-0.2, 0) is 4.79 Å². The van der Waals surface area contributed by atoms with Crippen molar-refractivity contribution in [1.82, 2.24) is 0 Å². The first kappa shape index (κ1) is 8.97. The summed E-state index contributed by atoms with van der Waals surface area (Å²) in [6, 6.07) is 7.94. The van der Waals surface area contributed by atoms with E-state index in [-0.39, 0.29) is 0 Å². The summed E-state index contributed by atoms with van der Waals surface area (Å²) < 4.78 is 1.18. The zero-order chi connectivity index (χ0) is 9.97. The topological polar surface area (TPSA) is 37.3 Å². The first-order chi connectivity index (χ1) is 6.75. The van der Waals surface area contributed by atoms with Crippen LogP contribution < -0.4 is 0 Å². The molecule has 2 rings (SSSR count). The lowest BCUT2D eigenvalue weighted by molar-refractivity contribution is -0.131. The molecule has 2 nitrogen and oxygen atoms in total. The molecule has 0 amide bonds. The van der Waals surface area contributed by atoms with Crippen molar-refractivity contribution in [3.05, 3.63) is 41.3 Å². The Morgan fingerprint density at radius 1 is 1.36 bits per heavy atom. The maximum absolute atomic E-state index is 10.3. The minimum atomic E-state index is -0.920. The highest BCUT2D eigenvalue weighted by molar-refractivity contribution is 7.17. The number of fused-ring (bicyclic) bond motifs is 1. The van der Waals surface area contributed by atoms with Crippen LogP contribution >= 0.6 is 11.3 Å². The van der Waals surface area contributed by atoms with Gasteiger partial charge in [0.05, 0.1) is 0 Å². The van der Waals surface area contributed by atoms with Gasteiger partial charge in [-0.3, -0.25) is 0 Å². The number of rotatable bonds is 2. The summed E-state index contributed by atoms with van der Waals surface area (Å²) in [6.45, 7) is 0. The molecule has 0 radical (unpaired) electrons. The number of hydrogen-bond acceptors (Lipinski definition) is 2. The number of carboxylic acid groups (broad SMARTS) is 1. The second kappa shape index (κ2) is 3.64. The summed E-state index contributed by atoms with van der Waals surface area (Å²) in [5.74, 6) is -0.920. The molecule has 3 heteroatoms. The fourth-order valence-electron chi connectivity index (χ4n) is 1.24. The van der Waals surface area contributed by atoms with E-state index < -0.39 is 5.97 Å². The van der Waals surface area contributed by atoms with Crippen LogP contribution in [0.5, 0.6) is 0 Å². The van der Waals surface area contributed by atoms with E-state index in [9.17, 15) is 4.79 Å². The van der Waals surface area contributed by atoms with E-state index in [1.165, 1.54) is 10.1 Å². The minimum Gasteiger partial charge on any atom is -0.478 e. The summed E-state index contributed by atoms with van der Waals surface area (Å²) in [6.07, 6.45) is 2.75. The molecule has 0 fully saturated rings. The van der Waals surface area contributed by atoms with Crippen LogP contribution in [-0.4, -0.2) is 11.1 Å². The van der Waals surface area contributed by atoms with Crippen LogP contribution in [0.4, 0.5) is 0 Å². The van der Waals surface area contributed by atoms with Crippen LogP contribution in [0.15, 0.2) is 35.7 Å². The van der Waals surface area contributed by atoms with Gasteiger partial charge in [0.15, 0.2) is 0 Å². The first-order valence-electron chi connectivity index (χ1n) is 4.14. The molecule has 1 aromatic heterocycles. The van der Waals surface area contributed by atoms with Crippen molar-refractivity contribution in [2.45, 2.75) is 0 Å². The SMILES string of the molecule is O=C(O)C=Cc1ccc2ccsc2c1. The number of aliphatic carboxylic acids is 1. The van der Waals surface area contributed by atoms with Crippen LogP contribution in [0.1, 0.15) is 5.56 Å². The number of carbonyl (C=O) groups is 1. The maximum Gasteiger partial charge on any atom is 0.328 e. The lowest BCUT2D eigenvalue weighted by atomic mass is 10.2. The Labute approximate surface area is 85.1 Å². The van der Waals surface area contributed by atoms with Gasteiger partial charge in [-0.1, -0.05) is 12.1 Å². The molecule has 0 unspecified atom stereocenters. The average molecular weight is 204 g/mol. The Kier molecular flexibility index (Phi) is 2.33. The Morgan fingerprint density at radius 3 is 3.00 bits per heavy atom. The molecule has 2 aromatic rings. The molecule has 0 saturated carbocycles. The fourth-order valence-corrected chi connectivity index (χ4v) is 2.08. The summed E-state index contributed by atoms with van der Waals surface area (Å²) in [5, 5.41) is 11.7. The number of carboxylic acids is 1. The standard InChI is InChI=1S/C11H8O2S/c12-11(13)4-2-8-1-3-9-5-6-14-10(9)7-8/h1-7H,(H,12,13). The predicted octanol–water partition coefficient (Wildman–Crippen LogP) is 3.00.